The van der Waals surface area contributed by atoms with Crippen LogP contribution in [0, 0.1) is 11.8 Å². The van der Waals surface area contributed by atoms with E-state index in [9.17, 15) is 24.0 Å². The smallest absolute Gasteiger partial charge is 0.243 e. The molecule has 0 aromatic heterocycles. The minimum Gasteiger partial charge on any atom is -0.370 e. The first-order chi connectivity index (χ1) is 21.2. The standard InChI is InChI=1S/C30H60N10O5/c1-19(2)16-21(18-41)37-27(43)23(10-5-7-13-31)39-28(44)24(11-6-8-14-32)40-29(45)25(12-9-15-36-30(34)35)38-26(42)22(33)17-20(3)4/h18-25H,5-17,31-33H2,1-4H3,(H,37,43)(H,38,42)(H,39,44)(H,40,45)(H4,34,35,36)/t21-,22-,23-,24-,25-/m0/s1. The third kappa shape index (κ3) is 19.6. The van der Waals surface area contributed by atoms with Gasteiger partial charge in [0.15, 0.2) is 5.96 Å². The molecular formula is C30H60N10O5. The minimum atomic E-state index is -1.02. The van der Waals surface area contributed by atoms with Crippen LogP contribution >= 0.6 is 0 Å². The Morgan fingerprint density at radius 1 is 0.644 bits per heavy atom. The lowest BCUT2D eigenvalue weighted by atomic mass is 10.0. The van der Waals surface area contributed by atoms with E-state index in [-0.39, 0.29) is 37.2 Å². The minimum absolute atomic E-state index is 0.0932. The van der Waals surface area contributed by atoms with Crippen molar-refractivity contribution in [2.45, 2.75) is 122 Å². The number of nitrogens with zero attached hydrogens (tertiary/aromatic N) is 1. The third-order valence-electron chi connectivity index (χ3n) is 7.02. The Labute approximate surface area is 268 Å². The predicted octanol–water partition coefficient (Wildman–Crippen LogP) is -1.14. The SMILES string of the molecule is CC(C)C[C@@H](C=O)NC(=O)[C@H](CCCCN)NC(=O)[C@H](CCCCN)NC(=O)[C@H](CCCN=C(N)N)NC(=O)[C@@H](N)CC(C)C. The lowest BCUT2D eigenvalue weighted by molar-refractivity contribution is -0.134. The number of hydrogen-bond acceptors (Lipinski definition) is 9. The fourth-order valence-corrected chi connectivity index (χ4v) is 4.67. The van der Waals surface area contributed by atoms with E-state index in [1.807, 2.05) is 27.7 Å². The van der Waals surface area contributed by atoms with Gasteiger partial charge in [-0.2, -0.15) is 0 Å². The van der Waals surface area contributed by atoms with Gasteiger partial charge in [-0.3, -0.25) is 24.2 Å². The van der Waals surface area contributed by atoms with Gasteiger partial charge in [0.1, 0.15) is 24.4 Å². The molecule has 0 rings (SSSR count). The highest BCUT2D eigenvalue weighted by atomic mass is 16.2. The van der Waals surface area contributed by atoms with Crippen LogP contribution in [0.15, 0.2) is 4.99 Å². The first-order valence-corrected chi connectivity index (χ1v) is 16.1. The number of rotatable bonds is 25. The molecule has 0 saturated carbocycles. The number of aldehydes is 1. The van der Waals surface area contributed by atoms with Gasteiger partial charge in [-0.1, -0.05) is 27.7 Å². The van der Waals surface area contributed by atoms with Gasteiger partial charge < -0.3 is 54.7 Å². The van der Waals surface area contributed by atoms with Crippen molar-refractivity contribution in [3.05, 3.63) is 0 Å². The summed E-state index contributed by atoms with van der Waals surface area (Å²) in [4.78, 5) is 68.6. The van der Waals surface area contributed by atoms with E-state index in [2.05, 4.69) is 26.3 Å². The number of nitrogens with one attached hydrogen (secondary N) is 4. The zero-order valence-corrected chi connectivity index (χ0v) is 27.7. The van der Waals surface area contributed by atoms with Crippen LogP contribution in [0.25, 0.3) is 0 Å². The predicted molar refractivity (Wildman–Crippen MR) is 176 cm³/mol. The molecule has 0 aliphatic heterocycles. The van der Waals surface area contributed by atoms with E-state index in [0.29, 0.717) is 70.7 Å². The topological polar surface area (TPSA) is 276 Å². The monoisotopic (exact) mass is 640 g/mol. The van der Waals surface area contributed by atoms with Crippen molar-refractivity contribution in [2.75, 3.05) is 19.6 Å². The van der Waals surface area contributed by atoms with E-state index in [4.69, 9.17) is 28.7 Å². The molecule has 0 aromatic carbocycles. The molecule has 0 bridgehead atoms. The van der Waals surface area contributed by atoms with Crippen LogP contribution in [0.4, 0.5) is 0 Å². The van der Waals surface area contributed by atoms with Gasteiger partial charge in [0.05, 0.1) is 12.1 Å². The Hall–Kier alpha value is -3.30. The quantitative estimate of drug-likeness (QED) is 0.0250. The molecule has 0 radical (unpaired) electrons. The lowest BCUT2D eigenvalue weighted by Gasteiger charge is -2.27. The zero-order chi connectivity index (χ0) is 34.4. The van der Waals surface area contributed by atoms with Crippen LogP contribution < -0.4 is 49.9 Å². The van der Waals surface area contributed by atoms with E-state index >= 15 is 0 Å². The average molecular weight is 641 g/mol. The van der Waals surface area contributed by atoms with E-state index in [1.54, 1.807) is 0 Å². The Balaban J connectivity index is 5.96. The molecule has 15 heteroatoms. The molecule has 0 aromatic rings. The third-order valence-corrected chi connectivity index (χ3v) is 7.02. The van der Waals surface area contributed by atoms with Gasteiger partial charge in [-0.05, 0) is 89.1 Å². The molecule has 5 atom stereocenters. The van der Waals surface area contributed by atoms with Gasteiger partial charge in [0.25, 0.3) is 0 Å². The van der Waals surface area contributed by atoms with E-state index < -0.39 is 53.8 Å². The summed E-state index contributed by atoms with van der Waals surface area (Å²) in [5.74, 6) is -1.89. The molecular weight excluding hydrogens is 580 g/mol. The van der Waals surface area contributed by atoms with Crippen LogP contribution in [0.3, 0.4) is 0 Å². The number of carbonyl (C=O) groups excluding carboxylic acids is 5. The van der Waals surface area contributed by atoms with Crippen molar-refractivity contribution in [1.29, 1.82) is 0 Å². The second-order valence-electron chi connectivity index (χ2n) is 12.3. The fourth-order valence-electron chi connectivity index (χ4n) is 4.67. The number of carbonyl (C=O) groups is 5. The van der Waals surface area contributed by atoms with Crippen molar-refractivity contribution in [2.24, 2.45) is 45.5 Å². The molecule has 0 aliphatic carbocycles. The summed E-state index contributed by atoms with van der Waals surface area (Å²) in [6, 6.07) is -4.50. The Bertz CT molecular complexity index is 927. The summed E-state index contributed by atoms with van der Waals surface area (Å²) in [6.07, 6.45) is 5.00. The summed E-state index contributed by atoms with van der Waals surface area (Å²) in [5, 5.41) is 11.0. The number of amides is 4. The maximum atomic E-state index is 13.6. The summed E-state index contributed by atoms with van der Waals surface area (Å²) < 4.78 is 0. The molecule has 4 amide bonds. The van der Waals surface area contributed by atoms with Gasteiger partial charge in [0, 0.05) is 6.54 Å². The first kappa shape index (κ1) is 41.7. The molecule has 0 fully saturated rings. The second kappa shape index (κ2) is 24.0. The zero-order valence-electron chi connectivity index (χ0n) is 27.7. The number of hydrogen-bond donors (Lipinski definition) is 9. The van der Waals surface area contributed by atoms with Crippen molar-refractivity contribution < 1.29 is 24.0 Å². The molecule has 0 heterocycles. The summed E-state index contributed by atoms with van der Waals surface area (Å²) >= 11 is 0. The van der Waals surface area contributed by atoms with Gasteiger partial charge >= 0.3 is 0 Å². The van der Waals surface area contributed by atoms with Gasteiger partial charge in [-0.25, -0.2) is 0 Å². The number of nitrogens with two attached hydrogens (primary N) is 5. The Kier molecular flexibility index (Phi) is 22.2. The molecule has 0 aliphatic rings. The summed E-state index contributed by atoms with van der Waals surface area (Å²) in [6.45, 7) is 8.79. The molecule has 0 spiro atoms. The first-order valence-electron chi connectivity index (χ1n) is 16.1. The van der Waals surface area contributed by atoms with Crippen LogP contribution in [-0.4, -0.2) is 85.7 Å². The molecule has 45 heavy (non-hydrogen) atoms. The highest BCUT2D eigenvalue weighted by Gasteiger charge is 2.31. The van der Waals surface area contributed by atoms with Crippen LogP contribution in [0.5, 0.6) is 0 Å². The lowest BCUT2D eigenvalue weighted by Crippen LogP contribution is -2.58. The molecule has 0 unspecified atom stereocenters. The van der Waals surface area contributed by atoms with Gasteiger partial charge in [0.2, 0.25) is 23.6 Å². The van der Waals surface area contributed by atoms with Crippen molar-refractivity contribution in [3.63, 3.8) is 0 Å². The van der Waals surface area contributed by atoms with Crippen LogP contribution in [0.2, 0.25) is 0 Å². The normalized spacial score (nSPS) is 14.5. The highest BCUT2D eigenvalue weighted by Crippen LogP contribution is 2.10. The maximum absolute atomic E-state index is 13.6. The largest absolute Gasteiger partial charge is 0.370 e. The molecule has 0 saturated heterocycles. The van der Waals surface area contributed by atoms with Crippen LogP contribution in [0.1, 0.15) is 91.9 Å². The fraction of sp³-hybridized carbons (Fsp3) is 0.800. The summed E-state index contributed by atoms with van der Waals surface area (Å²) in [5.41, 5.74) is 28.2. The van der Waals surface area contributed by atoms with E-state index in [1.165, 1.54) is 0 Å². The Morgan fingerprint density at radius 3 is 1.47 bits per heavy atom. The number of guanidine groups is 1. The number of unbranched alkanes of at least 4 members (excludes halogenated alkanes) is 2. The summed E-state index contributed by atoms with van der Waals surface area (Å²) in [7, 11) is 0. The average Bonchev–Trinajstić information content (AvgIpc) is 2.96. The molecule has 14 N–H and O–H groups in total. The van der Waals surface area contributed by atoms with E-state index in [0.717, 1.165) is 0 Å². The van der Waals surface area contributed by atoms with Gasteiger partial charge in [-0.15, -0.1) is 0 Å². The molecule has 15 nitrogen and oxygen atoms in total. The molecule has 260 valence electrons. The second-order valence-corrected chi connectivity index (χ2v) is 12.3. The van der Waals surface area contributed by atoms with Crippen molar-refractivity contribution in [1.82, 2.24) is 21.3 Å². The van der Waals surface area contributed by atoms with Crippen molar-refractivity contribution >= 4 is 35.9 Å². The van der Waals surface area contributed by atoms with Crippen molar-refractivity contribution in [3.8, 4) is 0 Å². The maximum Gasteiger partial charge on any atom is 0.243 e. The van der Waals surface area contributed by atoms with Crippen LogP contribution in [-0.2, 0) is 24.0 Å². The Morgan fingerprint density at radius 2 is 1.07 bits per heavy atom. The number of aliphatic imine (C=N–C) groups is 1. The highest BCUT2D eigenvalue weighted by molar-refractivity contribution is 5.95.